The molecule has 1 amide bonds. The lowest BCUT2D eigenvalue weighted by Gasteiger charge is -2.27. The molecule has 2 nitrogen and oxygen atoms in total. The summed E-state index contributed by atoms with van der Waals surface area (Å²) >= 11 is 0. The topological polar surface area (TPSA) is 20.3 Å². The van der Waals surface area contributed by atoms with E-state index >= 15 is 0 Å². The summed E-state index contributed by atoms with van der Waals surface area (Å²) in [6, 6.07) is 0. The van der Waals surface area contributed by atoms with Gasteiger partial charge in [-0.1, -0.05) is 26.7 Å². The van der Waals surface area contributed by atoms with Crippen LogP contribution in [0.4, 0.5) is 0 Å². The summed E-state index contributed by atoms with van der Waals surface area (Å²) in [5, 5.41) is 0. The lowest BCUT2D eigenvalue weighted by molar-refractivity contribution is -0.129. The van der Waals surface area contributed by atoms with E-state index in [1.807, 2.05) is 4.90 Å². The van der Waals surface area contributed by atoms with E-state index < -0.39 is 0 Å². The third-order valence-corrected chi connectivity index (χ3v) is 3.29. The third kappa shape index (κ3) is 3.69. The molecule has 2 heteroatoms. The van der Waals surface area contributed by atoms with Crippen LogP contribution in [0.5, 0.6) is 0 Å². The Bertz CT molecular complexity index is 198. The molecule has 0 saturated carbocycles. The van der Waals surface area contributed by atoms with Crippen LogP contribution in [-0.2, 0) is 4.79 Å². The Morgan fingerprint density at radius 3 is 2.43 bits per heavy atom. The Morgan fingerprint density at radius 1 is 1.07 bits per heavy atom. The molecule has 1 fully saturated rings. The molecule has 14 heavy (non-hydrogen) atoms. The zero-order valence-corrected chi connectivity index (χ0v) is 9.81. The Labute approximate surface area is 87.7 Å². The molecule has 0 aromatic carbocycles. The first-order valence-corrected chi connectivity index (χ1v) is 5.77. The zero-order chi connectivity index (χ0) is 10.6. The van der Waals surface area contributed by atoms with Crippen LogP contribution in [0.2, 0.25) is 0 Å². The van der Waals surface area contributed by atoms with Crippen molar-refractivity contribution in [2.24, 2.45) is 5.41 Å². The van der Waals surface area contributed by atoms with Gasteiger partial charge in [0, 0.05) is 20.0 Å². The van der Waals surface area contributed by atoms with Crippen LogP contribution >= 0.6 is 0 Å². The fraction of sp³-hybridized carbons (Fsp3) is 0.917. The summed E-state index contributed by atoms with van der Waals surface area (Å²) in [5.41, 5.74) is 0.415. The predicted molar refractivity (Wildman–Crippen MR) is 59.1 cm³/mol. The van der Waals surface area contributed by atoms with Gasteiger partial charge in [-0.2, -0.15) is 0 Å². The molecule has 0 radical (unpaired) electrons. The lowest BCUT2D eigenvalue weighted by Crippen LogP contribution is -2.32. The highest BCUT2D eigenvalue weighted by molar-refractivity contribution is 5.73. The molecule has 0 spiro atoms. The second-order valence-electron chi connectivity index (χ2n) is 5.23. The summed E-state index contributed by atoms with van der Waals surface area (Å²) in [5.74, 6) is 0.239. The van der Waals surface area contributed by atoms with Crippen molar-refractivity contribution in [3.05, 3.63) is 0 Å². The quantitative estimate of drug-likeness (QED) is 0.585. The fourth-order valence-corrected chi connectivity index (χ4v) is 2.07. The Morgan fingerprint density at radius 2 is 1.79 bits per heavy atom. The number of nitrogens with zero attached hydrogens (tertiary/aromatic N) is 1. The molecule has 0 aromatic rings. The van der Waals surface area contributed by atoms with Crippen molar-refractivity contribution in [3.63, 3.8) is 0 Å². The number of carbonyl (C=O) groups is 1. The maximum atomic E-state index is 11.3. The highest BCUT2D eigenvalue weighted by Crippen LogP contribution is 2.29. The van der Waals surface area contributed by atoms with Gasteiger partial charge in [0.2, 0.25) is 5.91 Å². The van der Waals surface area contributed by atoms with Gasteiger partial charge in [0.15, 0.2) is 0 Å². The van der Waals surface area contributed by atoms with Crippen molar-refractivity contribution in [2.45, 2.75) is 52.9 Å². The first-order valence-electron chi connectivity index (χ1n) is 5.77. The van der Waals surface area contributed by atoms with Gasteiger partial charge < -0.3 is 4.90 Å². The number of rotatable bonds is 0. The fourth-order valence-electron chi connectivity index (χ4n) is 2.07. The zero-order valence-electron chi connectivity index (χ0n) is 9.81. The largest absolute Gasteiger partial charge is 0.343 e. The minimum absolute atomic E-state index is 0.239. The highest BCUT2D eigenvalue weighted by Gasteiger charge is 2.21. The maximum Gasteiger partial charge on any atom is 0.219 e. The second kappa shape index (κ2) is 4.81. The van der Waals surface area contributed by atoms with Crippen molar-refractivity contribution in [1.82, 2.24) is 4.90 Å². The monoisotopic (exact) mass is 197 g/mol. The predicted octanol–water partition coefficient (Wildman–Crippen LogP) is 2.83. The van der Waals surface area contributed by atoms with Crippen LogP contribution in [-0.4, -0.2) is 23.9 Å². The van der Waals surface area contributed by atoms with Gasteiger partial charge in [0.05, 0.1) is 0 Å². The number of hydrogen-bond acceptors (Lipinski definition) is 1. The minimum Gasteiger partial charge on any atom is -0.343 e. The normalized spacial score (nSPS) is 23.5. The molecular weight excluding hydrogens is 174 g/mol. The Hall–Kier alpha value is -0.530. The molecule has 0 aromatic heterocycles. The van der Waals surface area contributed by atoms with E-state index in [0.717, 1.165) is 19.5 Å². The SMILES string of the molecule is CC(=O)N1CCCCCC(C)(C)CC1. The molecule has 0 unspecified atom stereocenters. The molecular formula is C12H23NO. The van der Waals surface area contributed by atoms with Crippen LogP contribution in [0.1, 0.15) is 52.9 Å². The van der Waals surface area contributed by atoms with E-state index in [0.29, 0.717) is 5.41 Å². The average Bonchev–Trinajstić information content (AvgIpc) is 2.15. The molecule has 1 rings (SSSR count). The van der Waals surface area contributed by atoms with E-state index in [1.54, 1.807) is 6.92 Å². The molecule has 0 N–H and O–H groups in total. The van der Waals surface area contributed by atoms with Crippen LogP contribution in [0, 0.1) is 5.41 Å². The van der Waals surface area contributed by atoms with E-state index in [4.69, 9.17) is 0 Å². The first kappa shape index (κ1) is 11.5. The van der Waals surface area contributed by atoms with Gasteiger partial charge >= 0.3 is 0 Å². The molecule has 0 atom stereocenters. The van der Waals surface area contributed by atoms with Gasteiger partial charge in [-0.05, 0) is 24.7 Å². The highest BCUT2D eigenvalue weighted by atomic mass is 16.2. The summed E-state index contributed by atoms with van der Waals surface area (Å²) in [4.78, 5) is 13.3. The number of amides is 1. The van der Waals surface area contributed by atoms with Gasteiger partial charge in [0.1, 0.15) is 0 Å². The summed E-state index contributed by atoms with van der Waals surface area (Å²) < 4.78 is 0. The third-order valence-electron chi connectivity index (χ3n) is 3.29. The van der Waals surface area contributed by atoms with Crippen LogP contribution in [0.25, 0.3) is 0 Å². The van der Waals surface area contributed by atoms with Gasteiger partial charge in [-0.3, -0.25) is 4.79 Å². The standard InChI is InChI=1S/C12H23NO/c1-11(14)13-9-6-4-5-7-12(2,3)8-10-13/h4-10H2,1-3H3. The Balaban J connectivity index is 2.54. The van der Waals surface area contributed by atoms with E-state index in [-0.39, 0.29) is 5.91 Å². The minimum atomic E-state index is 0.239. The van der Waals surface area contributed by atoms with Crippen molar-refractivity contribution >= 4 is 5.91 Å². The molecule has 1 saturated heterocycles. The molecule has 1 aliphatic heterocycles. The number of carbonyl (C=O) groups excluding carboxylic acids is 1. The van der Waals surface area contributed by atoms with Crippen LogP contribution in [0.3, 0.4) is 0 Å². The van der Waals surface area contributed by atoms with Crippen molar-refractivity contribution in [3.8, 4) is 0 Å². The lowest BCUT2D eigenvalue weighted by atomic mass is 9.84. The van der Waals surface area contributed by atoms with Gasteiger partial charge in [-0.15, -0.1) is 0 Å². The molecule has 0 bridgehead atoms. The smallest absolute Gasteiger partial charge is 0.219 e. The van der Waals surface area contributed by atoms with E-state index in [2.05, 4.69) is 13.8 Å². The summed E-state index contributed by atoms with van der Waals surface area (Å²) in [7, 11) is 0. The van der Waals surface area contributed by atoms with E-state index in [1.165, 1.54) is 25.7 Å². The summed E-state index contributed by atoms with van der Waals surface area (Å²) in [6.45, 7) is 8.23. The van der Waals surface area contributed by atoms with E-state index in [9.17, 15) is 4.79 Å². The maximum absolute atomic E-state index is 11.3. The van der Waals surface area contributed by atoms with Crippen molar-refractivity contribution in [2.75, 3.05) is 13.1 Å². The molecule has 1 aliphatic rings. The first-order chi connectivity index (χ1) is 6.51. The van der Waals surface area contributed by atoms with Crippen molar-refractivity contribution in [1.29, 1.82) is 0 Å². The molecule has 82 valence electrons. The Kier molecular flexibility index (Phi) is 3.97. The molecule has 0 aliphatic carbocycles. The van der Waals surface area contributed by atoms with Gasteiger partial charge in [0.25, 0.3) is 0 Å². The van der Waals surface area contributed by atoms with Crippen molar-refractivity contribution < 1.29 is 4.79 Å². The van der Waals surface area contributed by atoms with Gasteiger partial charge in [-0.25, -0.2) is 0 Å². The van der Waals surface area contributed by atoms with Crippen LogP contribution < -0.4 is 0 Å². The molecule has 1 heterocycles. The van der Waals surface area contributed by atoms with Crippen LogP contribution in [0.15, 0.2) is 0 Å². The second-order valence-corrected chi connectivity index (χ2v) is 5.23. The number of hydrogen-bond donors (Lipinski definition) is 0. The summed E-state index contributed by atoms with van der Waals surface area (Å²) in [6.07, 6.45) is 6.22. The average molecular weight is 197 g/mol.